The minimum absolute atomic E-state index is 0.391. The molecule has 230 valence electrons. The maximum absolute atomic E-state index is 2.46. The van der Waals surface area contributed by atoms with E-state index in [0.29, 0.717) is 5.92 Å². The average molecular weight is 609 g/mol. The molecule has 1 atom stereocenters. The van der Waals surface area contributed by atoms with Crippen LogP contribution >= 0.6 is 0 Å². The first-order chi connectivity index (χ1) is 23.2. The minimum atomic E-state index is 0.391. The van der Waals surface area contributed by atoms with Crippen LogP contribution in [0.4, 0.5) is 0 Å². The van der Waals surface area contributed by atoms with E-state index >= 15 is 0 Å². The van der Waals surface area contributed by atoms with Gasteiger partial charge in [0.2, 0.25) is 0 Å². The Labute approximate surface area is 277 Å². The highest BCUT2D eigenvalue weighted by atomic mass is 15.1. The summed E-state index contributed by atoms with van der Waals surface area (Å²) >= 11 is 0. The van der Waals surface area contributed by atoms with Crippen LogP contribution in [0.25, 0.3) is 66.1 Å². The zero-order valence-corrected chi connectivity index (χ0v) is 27.4. The number of hydrogen-bond acceptors (Lipinski definition) is 1. The van der Waals surface area contributed by atoms with Crippen molar-refractivity contribution in [3.05, 3.63) is 157 Å². The van der Waals surface area contributed by atoms with Crippen molar-refractivity contribution in [2.45, 2.75) is 33.1 Å². The lowest BCUT2D eigenvalue weighted by molar-refractivity contribution is 0.373. The van der Waals surface area contributed by atoms with E-state index in [0.717, 1.165) is 19.5 Å². The molecular formula is C45H40N2. The van der Waals surface area contributed by atoms with E-state index in [1.165, 1.54) is 76.9 Å². The van der Waals surface area contributed by atoms with Gasteiger partial charge in [-0.25, -0.2) is 0 Å². The Kier molecular flexibility index (Phi) is 7.50. The van der Waals surface area contributed by atoms with Crippen LogP contribution in [0.2, 0.25) is 0 Å². The number of rotatable bonds is 8. The Bertz CT molecular complexity index is 2380. The summed E-state index contributed by atoms with van der Waals surface area (Å²) in [6.07, 6.45) is 18.3. The fraction of sp³-hybridized carbons (Fsp3) is 0.156. The van der Waals surface area contributed by atoms with E-state index in [1.54, 1.807) is 0 Å². The summed E-state index contributed by atoms with van der Waals surface area (Å²) in [6, 6.07) is 36.6. The SMILES string of the molecule is C/C=C\C=C/N(CC)CC(C)c1ccc2ccc3c(-c4cccc(-n5c6c(c7ccccc75)C=CC=CC6)c4)ccc4ccc1c2c43. The Hall–Kier alpha value is -5.34. The summed E-state index contributed by atoms with van der Waals surface area (Å²) < 4.78 is 2.46. The molecule has 1 unspecified atom stereocenters. The molecule has 2 nitrogen and oxygen atoms in total. The fourth-order valence-electron chi connectivity index (χ4n) is 7.76. The number of aromatic nitrogens is 1. The average Bonchev–Trinajstić information content (AvgIpc) is 3.23. The molecule has 0 aliphatic heterocycles. The second-order valence-electron chi connectivity index (χ2n) is 12.8. The molecule has 0 N–H and O–H groups in total. The molecule has 0 fully saturated rings. The van der Waals surface area contributed by atoms with Gasteiger partial charge in [-0.2, -0.15) is 0 Å². The van der Waals surface area contributed by atoms with E-state index in [2.05, 4.69) is 176 Å². The normalized spacial score (nSPS) is 13.9. The number of hydrogen-bond donors (Lipinski definition) is 0. The van der Waals surface area contributed by atoms with Gasteiger partial charge in [-0.15, -0.1) is 0 Å². The summed E-state index contributed by atoms with van der Waals surface area (Å²) in [5.41, 5.74) is 9.05. The summed E-state index contributed by atoms with van der Waals surface area (Å²) in [6.45, 7) is 8.63. The predicted molar refractivity (Wildman–Crippen MR) is 204 cm³/mol. The zero-order valence-electron chi connectivity index (χ0n) is 27.4. The molecule has 1 aliphatic carbocycles. The van der Waals surface area contributed by atoms with Gasteiger partial charge in [0.15, 0.2) is 0 Å². The summed E-state index contributed by atoms with van der Waals surface area (Å²) in [7, 11) is 0. The van der Waals surface area contributed by atoms with Crippen LogP contribution in [0.5, 0.6) is 0 Å². The van der Waals surface area contributed by atoms with E-state index in [-0.39, 0.29) is 0 Å². The fourth-order valence-corrected chi connectivity index (χ4v) is 7.76. The van der Waals surface area contributed by atoms with Gasteiger partial charge in [-0.05, 0) is 99.2 Å². The van der Waals surface area contributed by atoms with Crippen LogP contribution < -0.4 is 0 Å². The van der Waals surface area contributed by atoms with Crippen LogP contribution in [-0.4, -0.2) is 22.6 Å². The van der Waals surface area contributed by atoms with Gasteiger partial charge in [0.05, 0.1) is 5.52 Å². The van der Waals surface area contributed by atoms with Gasteiger partial charge in [-0.1, -0.05) is 122 Å². The van der Waals surface area contributed by atoms with Crippen molar-refractivity contribution in [3.63, 3.8) is 0 Å². The monoisotopic (exact) mass is 608 g/mol. The van der Waals surface area contributed by atoms with Crippen molar-refractivity contribution in [2.24, 2.45) is 0 Å². The molecule has 47 heavy (non-hydrogen) atoms. The van der Waals surface area contributed by atoms with E-state index < -0.39 is 0 Å². The molecule has 1 heterocycles. The molecule has 8 rings (SSSR count). The highest BCUT2D eigenvalue weighted by molar-refractivity contribution is 6.26. The third-order valence-electron chi connectivity index (χ3n) is 10.00. The number of nitrogens with zero attached hydrogens (tertiary/aromatic N) is 2. The summed E-state index contributed by atoms with van der Waals surface area (Å²) in [5.74, 6) is 0.391. The first-order valence-electron chi connectivity index (χ1n) is 17.0. The zero-order chi connectivity index (χ0) is 31.9. The maximum Gasteiger partial charge on any atom is 0.0537 e. The molecule has 1 aromatic heterocycles. The molecule has 7 aromatic rings. The first kappa shape index (κ1) is 29.1. The summed E-state index contributed by atoms with van der Waals surface area (Å²) in [4.78, 5) is 2.41. The maximum atomic E-state index is 2.46. The van der Waals surface area contributed by atoms with Gasteiger partial charge in [0.25, 0.3) is 0 Å². The van der Waals surface area contributed by atoms with Crippen LogP contribution in [0.3, 0.4) is 0 Å². The van der Waals surface area contributed by atoms with Crippen LogP contribution in [0, 0.1) is 0 Å². The Morgan fingerprint density at radius 3 is 2.43 bits per heavy atom. The molecule has 2 heteroatoms. The molecule has 0 spiro atoms. The smallest absolute Gasteiger partial charge is 0.0537 e. The lowest BCUT2D eigenvalue weighted by atomic mass is 9.86. The number of likely N-dealkylation sites (N-methyl/N-ethyl adjacent to an activating group) is 1. The number of para-hydroxylation sites is 1. The number of benzene rings is 6. The minimum Gasteiger partial charge on any atom is -0.377 e. The van der Waals surface area contributed by atoms with Gasteiger partial charge in [0, 0.05) is 41.8 Å². The second-order valence-corrected chi connectivity index (χ2v) is 12.8. The molecular weight excluding hydrogens is 569 g/mol. The molecule has 1 aliphatic rings. The van der Waals surface area contributed by atoms with Gasteiger partial charge in [-0.3, -0.25) is 0 Å². The molecule has 0 saturated heterocycles. The van der Waals surface area contributed by atoms with Crippen molar-refractivity contribution in [1.29, 1.82) is 0 Å². The molecule has 0 bridgehead atoms. The quantitative estimate of drug-likeness (QED) is 0.123. The van der Waals surface area contributed by atoms with Crippen molar-refractivity contribution in [1.82, 2.24) is 9.47 Å². The highest BCUT2D eigenvalue weighted by Gasteiger charge is 2.19. The third-order valence-corrected chi connectivity index (χ3v) is 10.00. The Morgan fingerprint density at radius 1 is 0.787 bits per heavy atom. The lowest BCUT2D eigenvalue weighted by Crippen LogP contribution is -2.22. The van der Waals surface area contributed by atoms with Crippen LogP contribution in [0.15, 0.2) is 140 Å². The topological polar surface area (TPSA) is 8.17 Å². The highest BCUT2D eigenvalue weighted by Crippen LogP contribution is 2.42. The molecule has 6 aromatic carbocycles. The van der Waals surface area contributed by atoms with E-state index in [1.807, 2.05) is 0 Å². The second kappa shape index (κ2) is 12.1. The van der Waals surface area contributed by atoms with Crippen molar-refractivity contribution in [2.75, 3.05) is 13.1 Å². The van der Waals surface area contributed by atoms with E-state index in [4.69, 9.17) is 0 Å². The molecule has 0 saturated carbocycles. The Balaban J connectivity index is 1.26. The van der Waals surface area contributed by atoms with E-state index in [9.17, 15) is 0 Å². The Morgan fingerprint density at radius 2 is 1.57 bits per heavy atom. The van der Waals surface area contributed by atoms with Gasteiger partial charge in [0.1, 0.15) is 0 Å². The van der Waals surface area contributed by atoms with Gasteiger partial charge >= 0.3 is 0 Å². The van der Waals surface area contributed by atoms with Crippen molar-refractivity contribution < 1.29 is 0 Å². The standard InChI is InChI=1S/C45H40N2/c1-4-6-12-28-46(5-2)30-31(3)36-24-20-32-23-27-41-37(25-21-33-22-26-40(36)44(32)45(33)41)34-14-13-15-35(29-34)47-42-18-9-7-8-16-38(42)39-17-10-11-19-43(39)47/h4,6-17,19-29,31H,5,18,30H2,1-3H3/b6-4-,28-12-. The molecule has 0 radical (unpaired) electrons. The lowest BCUT2D eigenvalue weighted by Gasteiger charge is -2.25. The van der Waals surface area contributed by atoms with Crippen molar-refractivity contribution in [3.8, 4) is 16.8 Å². The largest absolute Gasteiger partial charge is 0.377 e. The van der Waals surface area contributed by atoms with Crippen molar-refractivity contribution >= 4 is 49.3 Å². The molecule has 0 amide bonds. The first-order valence-corrected chi connectivity index (χ1v) is 17.0. The predicted octanol–water partition coefficient (Wildman–Crippen LogP) is 11.8. The van der Waals surface area contributed by atoms with Crippen LogP contribution in [-0.2, 0) is 6.42 Å². The van der Waals surface area contributed by atoms with Gasteiger partial charge < -0.3 is 9.47 Å². The number of fused-ring (bicyclic) bond motifs is 3. The van der Waals surface area contributed by atoms with Crippen LogP contribution in [0.1, 0.15) is 43.5 Å². The third kappa shape index (κ3) is 4.96. The summed E-state index contributed by atoms with van der Waals surface area (Å²) in [5, 5.41) is 9.35. The number of allylic oxidation sites excluding steroid dienone is 6.